The van der Waals surface area contributed by atoms with Gasteiger partial charge in [0.15, 0.2) is 0 Å². The van der Waals surface area contributed by atoms with Gasteiger partial charge in [-0.05, 0) is 18.5 Å². The number of aromatic nitrogens is 2. The van der Waals surface area contributed by atoms with E-state index in [1.165, 1.54) is 0 Å². The first-order valence-corrected chi connectivity index (χ1v) is 3.42. The minimum absolute atomic E-state index is 0.279. The van der Waals surface area contributed by atoms with Crippen molar-refractivity contribution >= 4 is 17.3 Å². The average molecular weight is 158 g/mol. The zero-order chi connectivity index (χ0) is 7.40. The highest BCUT2D eigenvalue weighted by molar-refractivity contribution is 6.28. The van der Waals surface area contributed by atoms with Gasteiger partial charge >= 0.3 is 0 Å². The van der Waals surface area contributed by atoms with Gasteiger partial charge in [0.25, 0.3) is 0 Å². The maximum Gasteiger partial charge on any atom is 0.222 e. The lowest BCUT2D eigenvalue weighted by Crippen LogP contribution is -1.97. The van der Waals surface area contributed by atoms with E-state index in [-0.39, 0.29) is 5.28 Å². The minimum atomic E-state index is 0.279. The summed E-state index contributed by atoms with van der Waals surface area (Å²) in [5, 5.41) is 3.33. The molecule has 3 nitrogen and oxygen atoms in total. The van der Waals surface area contributed by atoms with Gasteiger partial charge in [-0.3, -0.25) is 0 Å². The van der Waals surface area contributed by atoms with Crippen molar-refractivity contribution in [3.8, 4) is 0 Å². The fourth-order valence-corrected chi connectivity index (χ4v) is 0.705. The van der Waals surface area contributed by atoms with Gasteiger partial charge in [0.1, 0.15) is 0 Å². The summed E-state index contributed by atoms with van der Waals surface area (Å²) in [5.41, 5.74) is 0.895. The first-order valence-electron chi connectivity index (χ1n) is 3.04. The molecule has 10 heavy (non-hydrogen) atoms. The van der Waals surface area contributed by atoms with Crippen molar-refractivity contribution < 1.29 is 0 Å². The van der Waals surface area contributed by atoms with E-state index < -0.39 is 0 Å². The highest BCUT2D eigenvalue weighted by atomic mass is 35.5. The average Bonchev–Trinajstić information content (AvgIpc) is 1.95. The van der Waals surface area contributed by atoms with Crippen molar-refractivity contribution in [2.24, 2.45) is 0 Å². The first-order chi connectivity index (χ1) is 4.83. The Balaban J connectivity index is 2.69. The van der Waals surface area contributed by atoms with Gasteiger partial charge in [0.05, 0.1) is 18.1 Å². The van der Waals surface area contributed by atoms with Crippen LogP contribution in [0.4, 0.5) is 5.69 Å². The minimum Gasteiger partial charge on any atom is -0.383 e. The Hall–Kier alpha value is -0.830. The van der Waals surface area contributed by atoms with Crippen molar-refractivity contribution in [3.63, 3.8) is 0 Å². The maximum absolute atomic E-state index is 5.46. The number of halogens is 1. The van der Waals surface area contributed by atoms with Crippen molar-refractivity contribution in [2.45, 2.75) is 6.92 Å². The van der Waals surface area contributed by atoms with Crippen LogP contribution in [0.1, 0.15) is 6.92 Å². The molecule has 1 rings (SSSR count). The second kappa shape index (κ2) is 3.37. The second-order valence-corrected chi connectivity index (χ2v) is 2.11. The third-order valence-corrected chi connectivity index (χ3v) is 1.20. The molecule has 1 N–H and O–H groups in total. The SMILES string of the molecule is CCNc1cnc(Cl)nc1. The summed E-state index contributed by atoms with van der Waals surface area (Å²) in [6.07, 6.45) is 3.30. The molecule has 0 saturated heterocycles. The molecule has 1 heterocycles. The normalized spacial score (nSPS) is 9.40. The molecule has 0 aliphatic carbocycles. The molecule has 1 aromatic heterocycles. The summed E-state index contributed by atoms with van der Waals surface area (Å²) in [4.78, 5) is 7.58. The number of hydrogen-bond acceptors (Lipinski definition) is 3. The number of hydrogen-bond donors (Lipinski definition) is 1. The lowest BCUT2D eigenvalue weighted by atomic mass is 10.5. The van der Waals surface area contributed by atoms with E-state index >= 15 is 0 Å². The van der Waals surface area contributed by atoms with Crippen LogP contribution in [0.3, 0.4) is 0 Å². The molecule has 0 aromatic carbocycles. The maximum atomic E-state index is 5.46. The van der Waals surface area contributed by atoms with Gasteiger partial charge in [0.2, 0.25) is 5.28 Å². The zero-order valence-electron chi connectivity index (χ0n) is 5.63. The fourth-order valence-electron chi connectivity index (χ4n) is 0.608. The van der Waals surface area contributed by atoms with Crippen LogP contribution in [0, 0.1) is 0 Å². The quantitative estimate of drug-likeness (QED) is 0.663. The monoisotopic (exact) mass is 157 g/mol. The summed E-state index contributed by atoms with van der Waals surface area (Å²) in [6, 6.07) is 0. The molecule has 1 aromatic rings. The van der Waals surface area contributed by atoms with E-state index in [1.54, 1.807) is 12.4 Å². The van der Waals surface area contributed by atoms with Gasteiger partial charge in [0, 0.05) is 6.54 Å². The number of rotatable bonds is 2. The van der Waals surface area contributed by atoms with Gasteiger partial charge in [-0.15, -0.1) is 0 Å². The van der Waals surface area contributed by atoms with Gasteiger partial charge < -0.3 is 5.32 Å². The summed E-state index contributed by atoms with van der Waals surface area (Å²) in [5.74, 6) is 0. The zero-order valence-corrected chi connectivity index (χ0v) is 6.39. The highest BCUT2D eigenvalue weighted by Crippen LogP contribution is 2.04. The van der Waals surface area contributed by atoms with Crippen LogP contribution in [0.15, 0.2) is 12.4 Å². The van der Waals surface area contributed by atoms with Gasteiger partial charge in [-0.1, -0.05) is 0 Å². The summed E-state index contributed by atoms with van der Waals surface area (Å²) in [6.45, 7) is 2.87. The Morgan fingerprint density at radius 1 is 1.50 bits per heavy atom. The molecule has 0 fully saturated rings. The molecule has 0 aliphatic rings. The first kappa shape index (κ1) is 7.28. The van der Waals surface area contributed by atoms with Gasteiger partial charge in [-0.25, -0.2) is 9.97 Å². The van der Waals surface area contributed by atoms with Crippen molar-refractivity contribution in [1.29, 1.82) is 0 Å². The van der Waals surface area contributed by atoms with Crippen LogP contribution in [0.5, 0.6) is 0 Å². The van der Waals surface area contributed by atoms with Crippen LogP contribution in [0.2, 0.25) is 5.28 Å². The third kappa shape index (κ3) is 1.84. The summed E-state index contributed by atoms with van der Waals surface area (Å²) >= 11 is 5.46. The van der Waals surface area contributed by atoms with E-state index in [2.05, 4.69) is 15.3 Å². The standard InChI is InChI=1S/C6H8ClN3/c1-2-8-5-3-9-6(7)10-4-5/h3-4,8H,2H2,1H3. The molecule has 0 saturated carbocycles. The van der Waals surface area contributed by atoms with Gasteiger partial charge in [-0.2, -0.15) is 0 Å². The van der Waals surface area contributed by atoms with Crippen LogP contribution in [-0.2, 0) is 0 Å². The Morgan fingerprint density at radius 3 is 2.60 bits per heavy atom. The molecule has 0 spiro atoms. The molecule has 0 aliphatic heterocycles. The topological polar surface area (TPSA) is 37.8 Å². The predicted octanol–water partition coefficient (Wildman–Crippen LogP) is 1.56. The molecule has 4 heteroatoms. The van der Waals surface area contributed by atoms with Crippen molar-refractivity contribution in [3.05, 3.63) is 17.7 Å². The fraction of sp³-hybridized carbons (Fsp3) is 0.333. The molecular formula is C6H8ClN3. The van der Waals surface area contributed by atoms with Crippen LogP contribution < -0.4 is 5.32 Å². The molecule has 0 bridgehead atoms. The summed E-state index contributed by atoms with van der Waals surface area (Å²) in [7, 11) is 0. The van der Waals surface area contributed by atoms with Crippen LogP contribution in [-0.4, -0.2) is 16.5 Å². The molecule has 0 radical (unpaired) electrons. The van der Waals surface area contributed by atoms with E-state index in [1.807, 2.05) is 6.92 Å². The lowest BCUT2D eigenvalue weighted by Gasteiger charge is -1.99. The molecule has 0 atom stereocenters. The van der Waals surface area contributed by atoms with E-state index in [9.17, 15) is 0 Å². The molecular weight excluding hydrogens is 150 g/mol. The third-order valence-electron chi connectivity index (χ3n) is 1.00. The van der Waals surface area contributed by atoms with Crippen LogP contribution >= 0.6 is 11.6 Å². The Morgan fingerprint density at radius 2 is 2.10 bits per heavy atom. The Bertz CT molecular complexity index is 197. The van der Waals surface area contributed by atoms with E-state index in [4.69, 9.17) is 11.6 Å². The molecule has 54 valence electrons. The van der Waals surface area contributed by atoms with E-state index in [0.717, 1.165) is 12.2 Å². The van der Waals surface area contributed by atoms with Crippen LogP contribution in [0.25, 0.3) is 0 Å². The number of nitrogens with one attached hydrogen (secondary N) is 1. The lowest BCUT2D eigenvalue weighted by molar-refractivity contribution is 1.13. The number of anilines is 1. The second-order valence-electron chi connectivity index (χ2n) is 1.77. The number of nitrogens with zero attached hydrogens (tertiary/aromatic N) is 2. The molecule has 0 amide bonds. The Kier molecular flexibility index (Phi) is 2.45. The molecule has 0 unspecified atom stereocenters. The summed E-state index contributed by atoms with van der Waals surface area (Å²) < 4.78 is 0. The highest BCUT2D eigenvalue weighted by Gasteiger charge is 1.90. The Labute approximate surface area is 64.5 Å². The smallest absolute Gasteiger partial charge is 0.222 e. The van der Waals surface area contributed by atoms with E-state index in [0.29, 0.717) is 0 Å². The predicted molar refractivity (Wildman–Crippen MR) is 41.2 cm³/mol. The van der Waals surface area contributed by atoms with Crippen molar-refractivity contribution in [2.75, 3.05) is 11.9 Å². The largest absolute Gasteiger partial charge is 0.383 e. The van der Waals surface area contributed by atoms with Crippen molar-refractivity contribution in [1.82, 2.24) is 9.97 Å².